The van der Waals surface area contributed by atoms with Crippen LogP contribution in [0.5, 0.6) is 0 Å². The van der Waals surface area contributed by atoms with Crippen LogP contribution in [0, 0.1) is 5.92 Å². The summed E-state index contributed by atoms with van der Waals surface area (Å²) in [6.45, 7) is 6.78. The fraction of sp³-hybridized carbons (Fsp3) is 0.833. The number of hydrogen-bond acceptors (Lipinski definition) is 4. The van der Waals surface area contributed by atoms with Crippen LogP contribution in [0.25, 0.3) is 0 Å². The lowest BCUT2D eigenvalue weighted by molar-refractivity contribution is -0.151. The second kappa shape index (κ2) is 6.00. The van der Waals surface area contributed by atoms with Crippen molar-refractivity contribution in [3.63, 3.8) is 0 Å². The van der Waals surface area contributed by atoms with Crippen LogP contribution >= 0.6 is 0 Å². The lowest BCUT2D eigenvalue weighted by Crippen LogP contribution is -2.51. The van der Waals surface area contributed by atoms with E-state index in [0.29, 0.717) is 12.5 Å². The predicted molar refractivity (Wildman–Crippen MR) is 64.2 cm³/mol. The second-order valence-corrected chi connectivity index (χ2v) is 4.71. The Kier molecular flexibility index (Phi) is 4.93. The molecule has 0 aromatic carbocycles. The smallest absolute Gasteiger partial charge is 0.332 e. The SMILES string of the molecule is CCOC(=O)C(N)C(=O)N1CCCC1C(C)C. The van der Waals surface area contributed by atoms with E-state index in [0.717, 1.165) is 12.8 Å². The van der Waals surface area contributed by atoms with E-state index in [2.05, 4.69) is 13.8 Å². The second-order valence-electron chi connectivity index (χ2n) is 4.71. The monoisotopic (exact) mass is 242 g/mol. The number of nitrogens with two attached hydrogens (primary N) is 1. The van der Waals surface area contributed by atoms with Crippen molar-refractivity contribution in [3.8, 4) is 0 Å². The van der Waals surface area contributed by atoms with Gasteiger partial charge in [0.15, 0.2) is 6.04 Å². The van der Waals surface area contributed by atoms with Crippen molar-refractivity contribution < 1.29 is 14.3 Å². The highest BCUT2D eigenvalue weighted by molar-refractivity contribution is 6.01. The van der Waals surface area contributed by atoms with Crippen LogP contribution in [-0.2, 0) is 14.3 Å². The zero-order chi connectivity index (χ0) is 13.0. The van der Waals surface area contributed by atoms with Crippen molar-refractivity contribution >= 4 is 11.9 Å². The van der Waals surface area contributed by atoms with Gasteiger partial charge < -0.3 is 15.4 Å². The molecular weight excluding hydrogens is 220 g/mol. The molecule has 1 aliphatic rings. The summed E-state index contributed by atoms with van der Waals surface area (Å²) in [6, 6.07) is -0.975. The zero-order valence-electron chi connectivity index (χ0n) is 10.8. The van der Waals surface area contributed by atoms with Gasteiger partial charge in [-0.1, -0.05) is 13.8 Å². The van der Waals surface area contributed by atoms with E-state index in [9.17, 15) is 9.59 Å². The third-order valence-electron chi connectivity index (χ3n) is 3.16. The number of ether oxygens (including phenoxy) is 1. The minimum atomic E-state index is -1.17. The Morgan fingerprint density at radius 2 is 2.12 bits per heavy atom. The van der Waals surface area contributed by atoms with Gasteiger partial charge in [-0.25, -0.2) is 4.79 Å². The van der Waals surface area contributed by atoms with Crippen molar-refractivity contribution in [2.75, 3.05) is 13.2 Å². The van der Waals surface area contributed by atoms with E-state index in [1.165, 1.54) is 0 Å². The summed E-state index contributed by atoms with van der Waals surface area (Å²) in [7, 11) is 0. The first-order chi connectivity index (χ1) is 7.99. The number of likely N-dealkylation sites (tertiary alicyclic amines) is 1. The Morgan fingerprint density at radius 3 is 2.65 bits per heavy atom. The van der Waals surface area contributed by atoms with Crippen LogP contribution in [-0.4, -0.2) is 42.0 Å². The molecule has 0 aromatic heterocycles. The minimum Gasteiger partial charge on any atom is -0.464 e. The van der Waals surface area contributed by atoms with Gasteiger partial charge in [0.25, 0.3) is 5.91 Å². The predicted octanol–water partition coefficient (Wildman–Crippen LogP) is 0.524. The number of carbonyl (C=O) groups excluding carboxylic acids is 2. The number of esters is 1. The Labute approximate surface area is 102 Å². The first-order valence-electron chi connectivity index (χ1n) is 6.21. The molecule has 0 spiro atoms. The summed E-state index contributed by atoms with van der Waals surface area (Å²) in [6.07, 6.45) is 1.96. The van der Waals surface area contributed by atoms with Gasteiger partial charge in [-0.2, -0.15) is 0 Å². The maximum Gasteiger partial charge on any atom is 0.332 e. The van der Waals surface area contributed by atoms with Crippen LogP contribution in [0.4, 0.5) is 0 Å². The summed E-state index contributed by atoms with van der Waals surface area (Å²) >= 11 is 0. The van der Waals surface area contributed by atoms with E-state index in [1.54, 1.807) is 11.8 Å². The normalized spacial score (nSPS) is 21.7. The Morgan fingerprint density at radius 1 is 1.47 bits per heavy atom. The molecule has 1 saturated heterocycles. The molecule has 1 fully saturated rings. The standard InChI is InChI=1S/C12H22N2O3/c1-4-17-12(16)10(13)11(15)14-7-5-6-9(14)8(2)3/h8-10H,4-7,13H2,1-3H3. The van der Waals surface area contributed by atoms with Gasteiger partial charge in [-0.15, -0.1) is 0 Å². The van der Waals surface area contributed by atoms with Gasteiger partial charge in [0.1, 0.15) is 0 Å². The first kappa shape index (κ1) is 14.0. The third-order valence-corrected chi connectivity index (χ3v) is 3.16. The van der Waals surface area contributed by atoms with Gasteiger partial charge in [-0.3, -0.25) is 4.79 Å². The molecule has 1 amide bonds. The number of carbonyl (C=O) groups is 2. The molecule has 0 radical (unpaired) electrons. The fourth-order valence-corrected chi connectivity index (χ4v) is 2.27. The molecule has 2 atom stereocenters. The van der Waals surface area contributed by atoms with Gasteiger partial charge >= 0.3 is 5.97 Å². The molecule has 2 unspecified atom stereocenters. The van der Waals surface area contributed by atoms with Crippen molar-refractivity contribution in [1.29, 1.82) is 0 Å². The molecule has 98 valence electrons. The van der Waals surface area contributed by atoms with Crippen LogP contribution < -0.4 is 5.73 Å². The minimum absolute atomic E-state index is 0.197. The molecule has 1 rings (SSSR count). The van der Waals surface area contributed by atoms with Crippen molar-refractivity contribution in [1.82, 2.24) is 4.90 Å². The molecule has 0 bridgehead atoms. The lowest BCUT2D eigenvalue weighted by atomic mass is 10.0. The van der Waals surface area contributed by atoms with Crippen LogP contribution in [0.1, 0.15) is 33.6 Å². The number of rotatable bonds is 4. The lowest BCUT2D eigenvalue weighted by Gasteiger charge is -2.29. The fourth-order valence-electron chi connectivity index (χ4n) is 2.27. The largest absolute Gasteiger partial charge is 0.464 e. The Bertz CT molecular complexity index is 291. The molecule has 1 heterocycles. The molecular formula is C12H22N2O3. The summed E-state index contributed by atoms with van der Waals surface area (Å²) in [5.74, 6) is -0.553. The van der Waals surface area contributed by atoms with Gasteiger partial charge in [0, 0.05) is 12.6 Å². The first-order valence-corrected chi connectivity index (χ1v) is 6.21. The van der Waals surface area contributed by atoms with Crippen molar-refractivity contribution in [3.05, 3.63) is 0 Å². The molecule has 2 N–H and O–H groups in total. The Balaban J connectivity index is 2.65. The molecule has 5 nitrogen and oxygen atoms in total. The third kappa shape index (κ3) is 3.19. The van der Waals surface area contributed by atoms with E-state index in [4.69, 9.17) is 10.5 Å². The summed E-state index contributed by atoms with van der Waals surface area (Å²) < 4.78 is 4.77. The van der Waals surface area contributed by atoms with Crippen molar-refractivity contribution in [2.45, 2.75) is 45.7 Å². The van der Waals surface area contributed by atoms with Crippen molar-refractivity contribution in [2.24, 2.45) is 11.7 Å². The molecule has 0 aromatic rings. The van der Waals surface area contributed by atoms with Gasteiger partial charge in [-0.05, 0) is 25.7 Å². The van der Waals surface area contributed by atoms with E-state index in [-0.39, 0.29) is 18.6 Å². The maximum atomic E-state index is 12.1. The summed E-state index contributed by atoms with van der Waals surface area (Å²) in [4.78, 5) is 25.2. The summed E-state index contributed by atoms with van der Waals surface area (Å²) in [5, 5.41) is 0. The quantitative estimate of drug-likeness (QED) is 0.576. The number of nitrogens with zero attached hydrogens (tertiary/aromatic N) is 1. The van der Waals surface area contributed by atoms with Crippen LogP contribution in [0.15, 0.2) is 0 Å². The topological polar surface area (TPSA) is 72.6 Å². The maximum absolute atomic E-state index is 12.1. The molecule has 1 aliphatic heterocycles. The molecule has 5 heteroatoms. The molecule has 17 heavy (non-hydrogen) atoms. The van der Waals surface area contributed by atoms with Gasteiger partial charge in [0.2, 0.25) is 0 Å². The van der Waals surface area contributed by atoms with E-state index >= 15 is 0 Å². The van der Waals surface area contributed by atoms with E-state index < -0.39 is 12.0 Å². The zero-order valence-corrected chi connectivity index (χ0v) is 10.8. The van der Waals surface area contributed by atoms with E-state index in [1.807, 2.05) is 0 Å². The van der Waals surface area contributed by atoms with Crippen LogP contribution in [0.2, 0.25) is 0 Å². The number of hydrogen-bond donors (Lipinski definition) is 1. The highest BCUT2D eigenvalue weighted by atomic mass is 16.5. The van der Waals surface area contributed by atoms with Gasteiger partial charge in [0.05, 0.1) is 6.61 Å². The molecule has 0 aliphatic carbocycles. The highest BCUT2D eigenvalue weighted by Gasteiger charge is 2.36. The average molecular weight is 242 g/mol. The Hall–Kier alpha value is -1.10. The molecule has 0 saturated carbocycles. The summed E-state index contributed by atoms with van der Waals surface area (Å²) in [5.41, 5.74) is 5.62. The number of amides is 1. The van der Waals surface area contributed by atoms with Crippen LogP contribution in [0.3, 0.4) is 0 Å². The highest BCUT2D eigenvalue weighted by Crippen LogP contribution is 2.24. The average Bonchev–Trinajstić information content (AvgIpc) is 2.76.